The summed E-state index contributed by atoms with van der Waals surface area (Å²) in [7, 11) is 0. The maximum Gasteiger partial charge on any atom is 0.306 e. The standard InChI is InChI=1S/C23H24O6/c1-14-5-8-18(17(11-14)23(2,3)4)29-20-13-28-19-12-15(27-10-9-21(24)25)6-7-16(19)22(20)26/h5-8,11-13H,9-10H2,1-4H3,(H,24,25). The van der Waals surface area contributed by atoms with Crippen LogP contribution in [0.3, 0.4) is 0 Å². The van der Waals surface area contributed by atoms with Crippen molar-refractivity contribution >= 4 is 16.9 Å². The zero-order valence-corrected chi connectivity index (χ0v) is 16.9. The Hall–Kier alpha value is -3.28. The van der Waals surface area contributed by atoms with E-state index in [9.17, 15) is 9.59 Å². The molecule has 0 spiro atoms. The normalized spacial score (nSPS) is 11.4. The monoisotopic (exact) mass is 396 g/mol. The van der Waals surface area contributed by atoms with Crippen molar-refractivity contribution in [2.75, 3.05) is 6.61 Å². The minimum Gasteiger partial charge on any atom is -0.493 e. The summed E-state index contributed by atoms with van der Waals surface area (Å²) in [6, 6.07) is 10.6. The first-order valence-corrected chi connectivity index (χ1v) is 9.34. The number of carboxylic acid groups (broad SMARTS) is 1. The summed E-state index contributed by atoms with van der Waals surface area (Å²) in [4.78, 5) is 23.5. The number of hydrogen-bond acceptors (Lipinski definition) is 5. The fourth-order valence-corrected chi connectivity index (χ4v) is 2.94. The lowest BCUT2D eigenvalue weighted by Crippen LogP contribution is -2.14. The molecule has 1 aromatic heterocycles. The molecule has 29 heavy (non-hydrogen) atoms. The van der Waals surface area contributed by atoms with Gasteiger partial charge in [0, 0.05) is 11.6 Å². The van der Waals surface area contributed by atoms with Gasteiger partial charge in [0.25, 0.3) is 0 Å². The predicted octanol–water partition coefficient (Wildman–Crippen LogP) is 5.04. The minimum atomic E-state index is -0.940. The summed E-state index contributed by atoms with van der Waals surface area (Å²) in [5.74, 6) is 0.212. The van der Waals surface area contributed by atoms with Crippen LogP contribution < -0.4 is 14.9 Å². The number of ether oxygens (including phenoxy) is 2. The van der Waals surface area contributed by atoms with E-state index in [1.54, 1.807) is 18.2 Å². The minimum absolute atomic E-state index is 0.0370. The number of fused-ring (bicyclic) bond motifs is 1. The molecule has 3 rings (SSSR count). The molecule has 0 amide bonds. The third kappa shape index (κ3) is 4.77. The van der Waals surface area contributed by atoms with Crippen LogP contribution in [0.25, 0.3) is 11.0 Å². The van der Waals surface area contributed by atoms with Gasteiger partial charge in [-0.3, -0.25) is 9.59 Å². The van der Waals surface area contributed by atoms with Crippen LogP contribution in [0.5, 0.6) is 17.2 Å². The van der Waals surface area contributed by atoms with Crippen molar-refractivity contribution in [2.24, 2.45) is 0 Å². The number of carboxylic acids is 1. The average Bonchev–Trinajstić information content (AvgIpc) is 2.64. The van der Waals surface area contributed by atoms with Crippen molar-refractivity contribution in [1.29, 1.82) is 0 Å². The second kappa shape index (κ2) is 7.99. The SMILES string of the molecule is Cc1ccc(Oc2coc3cc(OCCC(=O)O)ccc3c2=O)c(C(C)(C)C)c1. The molecule has 1 heterocycles. The van der Waals surface area contributed by atoms with E-state index in [0.717, 1.165) is 11.1 Å². The van der Waals surface area contributed by atoms with Gasteiger partial charge in [0.2, 0.25) is 11.2 Å². The second-order valence-electron chi connectivity index (χ2n) is 7.93. The lowest BCUT2D eigenvalue weighted by Gasteiger charge is -2.23. The van der Waals surface area contributed by atoms with Crippen molar-refractivity contribution in [2.45, 2.75) is 39.5 Å². The number of benzene rings is 2. The molecule has 0 aliphatic carbocycles. The van der Waals surface area contributed by atoms with Crippen LogP contribution in [0.1, 0.15) is 38.3 Å². The van der Waals surface area contributed by atoms with Gasteiger partial charge in [0.15, 0.2) is 0 Å². The van der Waals surface area contributed by atoms with Crippen LogP contribution in [0, 0.1) is 6.92 Å². The molecule has 2 aromatic carbocycles. The fraction of sp³-hybridized carbons (Fsp3) is 0.304. The number of hydrogen-bond donors (Lipinski definition) is 1. The smallest absolute Gasteiger partial charge is 0.306 e. The number of aliphatic carboxylic acids is 1. The molecule has 0 saturated carbocycles. The van der Waals surface area contributed by atoms with Crippen LogP contribution in [0.15, 0.2) is 51.9 Å². The van der Waals surface area contributed by atoms with Gasteiger partial charge in [0.1, 0.15) is 23.3 Å². The molecule has 0 saturated heterocycles. The van der Waals surface area contributed by atoms with Gasteiger partial charge in [0.05, 0.1) is 18.4 Å². The molecule has 6 heteroatoms. The summed E-state index contributed by atoms with van der Waals surface area (Å²) >= 11 is 0. The summed E-state index contributed by atoms with van der Waals surface area (Å²) in [6.07, 6.45) is 1.18. The maximum atomic E-state index is 12.9. The van der Waals surface area contributed by atoms with E-state index in [2.05, 4.69) is 26.8 Å². The molecule has 0 fully saturated rings. The molecule has 0 bridgehead atoms. The summed E-state index contributed by atoms with van der Waals surface area (Å²) in [5, 5.41) is 9.04. The first-order valence-electron chi connectivity index (χ1n) is 9.34. The Bertz CT molecular complexity index is 1100. The van der Waals surface area contributed by atoms with E-state index >= 15 is 0 Å². The van der Waals surface area contributed by atoms with Crippen LogP contribution >= 0.6 is 0 Å². The molecule has 152 valence electrons. The molecular formula is C23H24O6. The lowest BCUT2D eigenvalue weighted by atomic mass is 9.85. The molecule has 0 aliphatic rings. The Labute approximate surface area is 168 Å². The highest BCUT2D eigenvalue weighted by atomic mass is 16.5. The van der Waals surface area contributed by atoms with Crippen molar-refractivity contribution < 1.29 is 23.8 Å². The van der Waals surface area contributed by atoms with Crippen molar-refractivity contribution in [3.8, 4) is 17.2 Å². The van der Waals surface area contributed by atoms with Gasteiger partial charge in [-0.1, -0.05) is 38.5 Å². The van der Waals surface area contributed by atoms with E-state index in [4.69, 9.17) is 19.0 Å². The van der Waals surface area contributed by atoms with Crippen molar-refractivity contribution in [3.63, 3.8) is 0 Å². The molecule has 0 radical (unpaired) electrons. The van der Waals surface area contributed by atoms with E-state index in [0.29, 0.717) is 22.5 Å². The van der Waals surface area contributed by atoms with Crippen LogP contribution in [0.4, 0.5) is 0 Å². The lowest BCUT2D eigenvalue weighted by molar-refractivity contribution is -0.137. The largest absolute Gasteiger partial charge is 0.493 e. The van der Waals surface area contributed by atoms with Crippen LogP contribution in [0.2, 0.25) is 0 Å². The number of rotatable bonds is 6. The van der Waals surface area contributed by atoms with E-state index in [1.165, 1.54) is 6.26 Å². The highest BCUT2D eigenvalue weighted by molar-refractivity contribution is 5.79. The molecular weight excluding hydrogens is 372 g/mol. The molecule has 3 aromatic rings. The highest BCUT2D eigenvalue weighted by Gasteiger charge is 2.21. The van der Waals surface area contributed by atoms with Crippen molar-refractivity contribution in [1.82, 2.24) is 0 Å². The molecule has 6 nitrogen and oxygen atoms in total. The van der Waals surface area contributed by atoms with E-state index in [1.807, 2.05) is 19.1 Å². The number of carbonyl (C=O) groups is 1. The van der Waals surface area contributed by atoms with Crippen LogP contribution in [-0.4, -0.2) is 17.7 Å². The third-order valence-corrected chi connectivity index (χ3v) is 4.46. The summed E-state index contributed by atoms with van der Waals surface area (Å²) in [5.41, 5.74) is 2.02. The highest BCUT2D eigenvalue weighted by Crippen LogP contribution is 2.34. The second-order valence-corrected chi connectivity index (χ2v) is 7.93. The Morgan fingerprint density at radius 3 is 2.55 bits per heavy atom. The summed E-state index contributed by atoms with van der Waals surface area (Å²) < 4.78 is 16.9. The molecule has 0 atom stereocenters. The van der Waals surface area contributed by atoms with Gasteiger partial charge >= 0.3 is 5.97 Å². The Kier molecular flexibility index (Phi) is 5.64. The van der Waals surface area contributed by atoms with Crippen LogP contribution in [-0.2, 0) is 10.2 Å². The molecule has 0 aliphatic heterocycles. The zero-order valence-electron chi connectivity index (χ0n) is 16.9. The first kappa shape index (κ1) is 20.5. The van der Waals surface area contributed by atoms with E-state index < -0.39 is 5.97 Å². The first-order chi connectivity index (χ1) is 13.6. The van der Waals surface area contributed by atoms with Crippen molar-refractivity contribution in [3.05, 3.63) is 64.0 Å². The predicted molar refractivity (Wildman–Crippen MR) is 110 cm³/mol. The third-order valence-electron chi connectivity index (χ3n) is 4.46. The average molecular weight is 396 g/mol. The van der Waals surface area contributed by atoms with Gasteiger partial charge in [-0.15, -0.1) is 0 Å². The topological polar surface area (TPSA) is 86.0 Å². The van der Waals surface area contributed by atoms with E-state index in [-0.39, 0.29) is 29.6 Å². The molecule has 0 unspecified atom stereocenters. The number of aryl methyl sites for hydroxylation is 1. The zero-order chi connectivity index (χ0) is 21.2. The molecule has 1 N–H and O–H groups in total. The fourth-order valence-electron chi connectivity index (χ4n) is 2.94. The Morgan fingerprint density at radius 2 is 1.86 bits per heavy atom. The Balaban J connectivity index is 1.91. The Morgan fingerprint density at radius 1 is 1.10 bits per heavy atom. The van der Waals surface area contributed by atoms with Gasteiger partial charge in [-0.05, 0) is 30.5 Å². The quantitative estimate of drug-likeness (QED) is 0.628. The van der Waals surface area contributed by atoms with Gasteiger partial charge < -0.3 is 19.0 Å². The maximum absolute atomic E-state index is 12.9. The summed E-state index contributed by atoms with van der Waals surface area (Å²) in [6.45, 7) is 8.31. The van der Waals surface area contributed by atoms with Gasteiger partial charge in [-0.25, -0.2) is 0 Å². The van der Waals surface area contributed by atoms with Gasteiger partial charge in [-0.2, -0.15) is 0 Å².